The second-order valence-corrected chi connectivity index (χ2v) is 8.55. The van der Waals surface area contributed by atoms with Crippen LogP contribution in [0.15, 0.2) is 65.1 Å². The van der Waals surface area contributed by atoms with Gasteiger partial charge in [-0.25, -0.2) is 0 Å². The van der Waals surface area contributed by atoms with Crippen LogP contribution in [0, 0.1) is 13.8 Å². The van der Waals surface area contributed by atoms with Gasteiger partial charge >= 0.3 is 0 Å². The number of rotatable bonds is 8. The topological polar surface area (TPSA) is 47.6 Å². The number of anilines is 1. The molecule has 3 rings (SSSR count). The molecule has 0 saturated heterocycles. The molecule has 0 fully saturated rings. The van der Waals surface area contributed by atoms with Gasteiger partial charge in [0.25, 0.3) is 0 Å². The van der Waals surface area contributed by atoms with Crippen molar-refractivity contribution in [2.24, 2.45) is 0 Å². The molecule has 3 aromatic carbocycles. The zero-order chi connectivity index (χ0) is 23.1. The lowest BCUT2D eigenvalue weighted by Crippen LogP contribution is -2.09. The average Bonchev–Trinajstić information content (AvgIpc) is 2.75. The first-order chi connectivity index (χ1) is 15.4. The van der Waals surface area contributed by atoms with E-state index in [1.807, 2.05) is 75.4 Å². The van der Waals surface area contributed by atoms with Gasteiger partial charge in [0.05, 0.1) is 11.1 Å². The van der Waals surface area contributed by atoms with Gasteiger partial charge in [0, 0.05) is 22.3 Å². The Morgan fingerprint density at radius 3 is 2.62 bits per heavy atom. The summed E-state index contributed by atoms with van der Waals surface area (Å²) in [6.07, 6.45) is 3.25. The van der Waals surface area contributed by atoms with E-state index in [4.69, 9.17) is 21.1 Å². The highest BCUT2D eigenvalue weighted by Gasteiger charge is 2.13. The molecule has 3 aromatic rings. The molecule has 4 nitrogen and oxygen atoms in total. The van der Waals surface area contributed by atoms with Crippen molar-refractivity contribution < 1.29 is 14.3 Å². The zero-order valence-corrected chi connectivity index (χ0v) is 20.6. The van der Waals surface area contributed by atoms with Crippen molar-refractivity contribution in [3.63, 3.8) is 0 Å². The average molecular weight is 515 g/mol. The first-order valence-electron chi connectivity index (χ1n) is 10.3. The Labute approximate surface area is 202 Å². The number of hydrogen-bond acceptors (Lipinski definition) is 3. The molecule has 0 aliphatic carbocycles. The van der Waals surface area contributed by atoms with Crippen LogP contribution in [0.3, 0.4) is 0 Å². The Balaban J connectivity index is 1.76. The second-order valence-electron chi connectivity index (χ2n) is 7.28. The summed E-state index contributed by atoms with van der Waals surface area (Å²) in [7, 11) is 0. The molecule has 166 valence electrons. The van der Waals surface area contributed by atoms with E-state index in [0.29, 0.717) is 29.7 Å². The molecule has 0 saturated carbocycles. The van der Waals surface area contributed by atoms with Crippen molar-refractivity contribution in [3.05, 3.63) is 92.4 Å². The van der Waals surface area contributed by atoms with Crippen LogP contribution in [0.5, 0.6) is 11.5 Å². The highest BCUT2D eigenvalue weighted by molar-refractivity contribution is 9.10. The first kappa shape index (κ1) is 23.9. The Morgan fingerprint density at radius 2 is 1.88 bits per heavy atom. The fraction of sp³-hybridized carbons (Fsp3) is 0.192. The van der Waals surface area contributed by atoms with E-state index < -0.39 is 0 Å². The van der Waals surface area contributed by atoms with Gasteiger partial charge < -0.3 is 14.8 Å². The minimum Gasteiger partial charge on any atom is -0.490 e. The van der Waals surface area contributed by atoms with Crippen LogP contribution in [-0.2, 0) is 11.4 Å². The SMILES string of the molecule is CCOc1cc(/C=C/C(=O)Nc2cc(C)ccc2C)cc(Br)c1OCc1ccccc1Cl. The zero-order valence-electron chi connectivity index (χ0n) is 18.2. The van der Waals surface area contributed by atoms with Gasteiger partial charge in [-0.15, -0.1) is 0 Å². The van der Waals surface area contributed by atoms with Gasteiger partial charge in [-0.05, 0) is 83.7 Å². The number of nitrogens with one attached hydrogen (secondary N) is 1. The van der Waals surface area contributed by atoms with Crippen molar-refractivity contribution >= 4 is 45.2 Å². The maximum Gasteiger partial charge on any atom is 0.248 e. The van der Waals surface area contributed by atoms with Crippen molar-refractivity contribution in [1.82, 2.24) is 0 Å². The second kappa shape index (κ2) is 11.2. The fourth-order valence-electron chi connectivity index (χ4n) is 3.07. The van der Waals surface area contributed by atoms with Crippen molar-refractivity contribution in [1.29, 1.82) is 0 Å². The Hall–Kier alpha value is -2.76. The number of halogens is 2. The number of carbonyl (C=O) groups excluding carboxylic acids is 1. The van der Waals surface area contributed by atoms with E-state index >= 15 is 0 Å². The van der Waals surface area contributed by atoms with Crippen LogP contribution >= 0.6 is 27.5 Å². The molecule has 1 N–H and O–H groups in total. The van der Waals surface area contributed by atoms with E-state index in [1.54, 1.807) is 6.08 Å². The Morgan fingerprint density at radius 1 is 1.09 bits per heavy atom. The van der Waals surface area contributed by atoms with Crippen molar-refractivity contribution in [2.45, 2.75) is 27.4 Å². The van der Waals surface area contributed by atoms with E-state index in [0.717, 1.165) is 32.4 Å². The Bertz CT molecular complexity index is 1140. The summed E-state index contributed by atoms with van der Waals surface area (Å²) in [6, 6.07) is 17.2. The highest BCUT2D eigenvalue weighted by Crippen LogP contribution is 2.38. The van der Waals surface area contributed by atoms with Crippen LogP contribution in [0.4, 0.5) is 5.69 Å². The Kier molecular flexibility index (Phi) is 8.37. The molecule has 0 aliphatic rings. The molecule has 1 amide bonds. The van der Waals surface area contributed by atoms with E-state index in [9.17, 15) is 4.79 Å². The van der Waals surface area contributed by atoms with Crippen LogP contribution in [-0.4, -0.2) is 12.5 Å². The molecular weight excluding hydrogens is 490 g/mol. The molecule has 0 aliphatic heterocycles. The van der Waals surface area contributed by atoms with Gasteiger partial charge in [0.15, 0.2) is 11.5 Å². The minimum atomic E-state index is -0.202. The summed E-state index contributed by atoms with van der Waals surface area (Å²) in [5, 5.41) is 3.57. The van der Waals surface area contributed by atoms with Crippen LogP contribution in [0.25, 0.3) is 6.08 Å². The first-order valence-corrected chi connectivity index (χ1v) is 11.4. The number of carbonyl (C=O) groups is 1. The maximum absolute atomic E-state index is 12.4. The lowest BCUT2D eigenvalue weighted by atomic mass is 10.1. The number of aryl methyl sites for hydroxylation is 2. The van der Waals surface area contributed by atoms with Gasteiger partial charge in [-0.2, -0.15) is 0 Å². The smallest absolute Gasteiger partial charge is 0.248 e. The molecule has 32 heavy (non-hydrogen) atoms. The summed E-state index contributed by atoms with van der Waals surface area (Å²) >= 11 is 9.80. The molecule has 0 atom stereocenters. The van der Waals surface area contributed by atoms with Gasteiger partial charge in [-0.1, -0.05) is 41.9 Å². The van der Waals surface area contributed by atoms with Crippen LogP contribution < -0.4 is 14.8 Å². The lowest BCUT2D eigenvalue weighted by Gasteiger charge is -2.15. The third kappa shape index (κ3) is 6.38. The maximum atomic E-state index is 12.4. The third-order valence-electron chi connectivity index (χ3n) is 4.74. The normalized spacial score (nSPS) is 10.9. The predicted molar refractivity (Wildman–Crippen MR) is 135 cm³/mol. The minimum absolute atomic E-state index is 0.202. The molecule has 0 aromatic heterocycles. The largest absolute Gasteiger partial charge is 0.490 e. The van der Waals surface area contributed by atoms with E-state index in [-0.39, 0.29) is 5.91 Å². The monoisotopic (exact) mass is 513 g/mol. The lowest BCUT2D eigenvalue weighted by molar-refractivity contribution is -0.111. The van der Waals surface area contributed by atoms with Gasteiger partial charge in [0.1, 0.15) is 6.61 Å². The molecule has 0 spiro atoms. The van der Waals surface area contributed by atoms with Gasteiger partial charge in [0.2, 0.25) is 5.91 Å². The van der Waals surface area contributed by atoms with Gasteiger partial charge in [-0.3, -0.25) is 4.79 Å². The number of benzene rings is 3. The summed E-state index contributed by atoms with van der Waals surface area (Å²) in [5.41, 5.74) is 4.60. The number of amides is 1. The number of hydrogen-bond donors (Lipinski definition) is 1. The molecule has 6 heteroatoms. The fourth-order valence-corrected chi connectivity index (χ4v) is 3.83. The third-order valence-corrected chi connectivity index (χ3v) is 5.70. The molecular formula is C26H25BrClNO3. The molecule has 0 heterocycles. The van der Waals surface area contributed by atoms with Crippen LogP contribution in [0.1, 0.15) is 29.2 Å². The van der Waals surface area contributed by atoms with Crippen molar-refractivity contribution in [2.75, 3.05) is 11.9 Å². The summed E-state index contributed by atoms with van der Waals surface area (Å²) < 4.78 is 12.5. The molecule has 0 radical (unpaired) electrons. The summed E-state index contributed by atoms with van der Waals surface area (Å²) in [6.45, 7) is 6.66. The van der Waals surface area contributed by atoms with E-state index in [2.05, 4.69) is 21.2 Å². The molecule has 0 unspecified atom stereocenters. The quantitative estimate of drug-likeness (QED) is 0.320. The highest BCUT2D eigenvalue weighted by atomic mass is 79.9. The summed E-state index contributed by atoms with van der Waals surface area (Å²) in [5.74, 6) is 0.971. The predicted octanol–water partition coefficient (Wildman–Crippen LogP) is 7.35. The standard InChI is InChI=1S/C26H25BrClNO3/c1-4-31-24-15-19(11-12-25(30)29-23-13-17(2)9-10-18(23)3)14-21(27)26(24)32-16-20-7-5-6-8-22(20)28/h5-15H,4,16H2,1-3H3,(H,29,30)/b12-11+. The number of ether oxygens (including phenoxy) is 2. The molecule has 0 bridgehead atoms. The van der Waals surface area contributed by atoms with Crippen LogP contribution in [0.2, 0.25) is 5.02 Å². The summed E-state index contributed by atoms with van der Waals surface area (Å²) in [4.78, 5) is 12.4. The van der Waals surface area contributed by atoms with Crippen molar-refractivity contribution in [3.8, 4) is 11.5 Å². The van der Waals surface area contributed by atoms with E-state index in [1.165, 1.54) is 6.08 Å².